The van der Waals surface area contributed by atoms with E-state index in [4.69, 9.17) is 14.2 Å². The van der Waals surface area contributed by atoms with Crippen molar-refractivity contribution < 1.29 is 14.2 Å². The summed E-state index contributed by atoms with van der Waals surface area (Å²) in [5.41, 5.74) is 2.14. The third-order valence-electron chi connectivity index (χ3n) is 4.45. The van der Waals surface area contributed by atoms with E-state index in [-0.39, 0.29) is 0 Å². The van der Waals surface area contributed by atoms with E-state index in [1.165, 1.54) is 0 Å². The van der Waals surface area contributed by atoms with Crippen molar-refractivity contribution in [3.63, 3.8) is 0 Å². The zero-order chi connectivity index (χ0) is 17.7. The molecule has 0 fully saturated rings. The van der Waals surface area contributed by atoms with Crippen molar-refractivity contribution in [2.24, 2.45) is 0 Å². The van der Waals surface area contributed by atoms with Gasteiger partial charge < -0.3 is 14.2 Å². The first kappa shape index (κ1) is 17.1. The van der Waals surface area contributed by atoms with Crippen LogP contribution in [-0.4, -0.2) is 21.3 Å². The summed E-state index contributed by atoms with van der Waals surface area (Å²) in [7, 11) is 5.01. The van der Waals surface area contributed by atoms with Gasteiger partial charge in [-0.2, -0.15) is 0 Å². The van der Waals surface area contributed by atoms with E-state index < -0.39 is 5.60 Å². The lowest BCUT2D eigenvalue weighted by atomic mass is 9.79. The fraction of sp³-hybridized carbons (Fsp3) is 0.182. The van der Waals surface area contributed by atoms with Gasteiger partial charge in [0.25, 0.3) is 0 Å². The van der Waals surface area contributed by atoms with Crippen molar-refractivity contribution in [3.05, 3.63) is 95.6 Å². The SMILES string of the molecule is COc1cccc(C(OC)(c2ccccc2)c2ccccc2)c1OC. The van der Waals surface area contributed by atoms with Gasteiger partial charge in [-0.25, -0.2) is 0 Å². The summed E-state index contributed by atoms with van der Waals surface area (Å²) in [6, 6.07) is 26.2. The molecule has 0 amide bonds. The summed E-state index contributed by atoms with van der Waals surface area (Å²) in [5, 5.41) is 0. The zero-order valence-electron chi connectivity index (χ0n) is 14.7. The molecule has 0 saturated heterocycles. The van der Waals surface area contributed by atoms with Crippen molar-refractivity contribution in [1.82, 2.24) is 0 Å². The number of ether oxygens (including phenoxy) is 3. The Balaban J connectivity index is 2.37. The van der Waals surface area contributed by atoms with Crippen molar-refractivity contribution in [2.45, 2.75) is 5.60 Å². The van der Waals surface area contributed by atoms with E-state index in [9.17, 15) is 0 Å². The third-order valence-corrected chi connectivity index (χ3v) is 4.45. The summed E-state index contributed by atoms with van der Waals surface area (Å²) in [6.07, 6.45) is 0. The van der Waals surface area contributed by atoms with Crippen LogP contribution >= 0.6 is 0 Å². The lowest BCUT2D eigenvalue weighted by molar-refractivity contribution is 0.0560. The van der Waals surface area contributed by atoms with Gasteiger partial charge in [0.05, 0.1) is 14.2 Å². The Hall–Kier alpha value is -2.78. The van der Waals surface area contributed by atoms with Crippen LogP contribution in [0.25, 0.3) is 0 Å². The lowest BCUT2D eigenvalue weighted by Gasteiger charge is -2.35. The maximum absolute atomic E-state index is 6.20. The average Bonchev–Trinajstić information content (AvgIpc) is 2.70. The predicted molar refractivity (Wildman–Crippen MR) is 99.3 cm³/mol. The molecule has 3 nitrogen and oxygen atoms in total. The first-order chi connectivity index (χ1) is 12.3. The molecular formula is C22H22O3. The molecule has 0 bridgehead atoms. The van der Waals surface area contributed by atoms with Crippen molar-refractivity contribution in [2.75, 3.05) is 21.3 Å². The third kappa shape index (κ3) is 2.87. The molecule has 0 aliphatic carbocycles. The van der Waals surface area contributed by atoms with E-state index in [1.54, 1.807) is 21.3 Å². The Bertz CT molecular complexity index is 774. The number of benzene rings is 3. The highest BCUT2D eigenvalue weighted by molar-refractivity contribution is 5.57. The quantitative estimate of drug-likeness (QED) is 0.615. The maximum atomic E-state index is 6.20. The maximum Gasteiger partial charge on any atom is 0.167 e. The molecule has 0 radical (unpaired) electrons. The Labute approximate surface area is 148 Å². The Morgan fingerprint density at radius 3 is 1.60 bits per heavy atom. The molecule has 0 atom stereocenters. The van der Waals surface area contributed by atoms with E-state index in [0.717, 1.165) is 16.7 Å². The molecule has 128 valence electrons. The normalized spacial score (nSPS) is 11.2. The molecule has 3 heteroatoms. The Kier molecular flexibility index (Phi) is 5.05. The Morgan fingerprint density at radius 2 is 1.16 bits per heavy atom. The van der Waals surface area contributed by atoms with Crippen LogP contribution in [0.2, 0.25) is 0 Å². The molecule has 0 saturated carbocycles. The minimum Gasteiger partial charge on any atom is -0.493 e. The molecule has 0 spiro atoms. The van der Waals surface area contributed by atoms with Crippen LogP contribution in [0.4, 0.5) is 0 Å². The molecule has 0 aliphatic heterocycles. The van der Waals surface area contributed by atoms with E-state index >= 15 is 0 Å². The molecule has 0 heterocycles. The second-order valence-electron chi connectivity index (χ2n) is 5.66. The van der Waals surface area contributed by atoms with E-state index in [0.29, 0.717) is 11.5 Å². The first-order valence-corrected chi connectivity index (χ1v) is 8.15. The minimum atomic E-state index is -0.803. The van der Waals surface area contributed by atoms with Crippen LogP contribution in [0.1, 0.15) is 16.7 Å². The van der Waals surface area contributed by atoms with Gasteiger partial charge in [0.1, 0.15) is 5.60 Å². The standard InChI is InChI=1S/C22H22O3/c1-23-20-16-10-15-19(21(20)24-2)22(25-3,17-11-6-4-7-12-17)18-13-8-5-9-14-18/h4-16H,1-3H3. The van der Waals surface area contributed by atoms with Crippen LogP contribution in [0, 0.1) is 0 Å². The number of hydrogen-bond donors (Lipinski definition) is 0. The molecule has 3 aromatic carbocycles. The second-order valence-corrected chi connectivity index (χ2v) is 5.66. The molecule has 25 heavy (non-hydrogen) atoms. The van der Waals surface area contributed by atoms with Gasteiger partial charge >= 0.3 is 0 Å². The number of para-hydroxylation sites is 1. The van der Waals surface area contributed by atoms with Crippen molar-refractivity contribution in [1.29, 1.82) is 0 Å². The largest absolute Gasteiger partial charge is 0.493 e. The highest BCUT2D eigenvalue weighted by Gasteiger charge is 2.39. The van der Waals surface area contributed by atoms with Gasteiger partial charge in [-0.05, 0) is 17.2 Å². The lowest BCUT2D eigenvalue weighted by Crippen LogP contribution is -2.32. The van der Waals surface area contributed by atoms with Gasteiger partial charge in [-0.15, -0.1) is 0 Å². The molecule has 0 N–H and O–H groups in total. The monoisotopic (exact) mass is 334 g/mol. The summed E-state index contributed by atoms with van der Waals surface area (Å²) in [4.78, 5) is 0. The summed E-state index contributed by atoms with van der Waals surface area (Å²) in [5.74, 6) is 1.34. The van der Waals surface area contributed by atoms with Crippen molar-refractivity contribution in [3.8, 4) is 11.5 Å². The highest BCUT2D eigenvalue weighted by atomic mass is 16.5. The first-order valence-electron chi connectivity index (χ1n) is 8.15. The second kappa shape index (κ2) is 7.41. The molecule has 3 rings (SSSR count). The molecular weight excluding hydrogens is 312 g/mol. The van der Waals surface area contributed by atoms with Gasteiger partial charge in [-0.1, -0.05) is 72.8 Å². The molecule has 0 unspecified atom stereocenters. The number of rotatable bonds is 6. The summed E-state index contributed by atoms with van der Waals surface area (Å²) >= 11 is 0. The van der Waals surface area contributed by atoms with E-state index in [2.05, 4.69) is 24.3 Å². The van der Waals surface area contributed by atoms with E-state index in [1.807, 2.05) is 54.6 Å². The topological polar surface area (TPSA) is 27.7 Å². The highest BCUT2D eigenvalue weighted by Crippen LogP contribution is 2.46. The molecule has 0 aliphatic rings. The minimum absolute atomic E-state index is 0.666. The fourth-order valence-corrected chi connectivity index (χ4v) is 3.33. The smallest absolute Gasteiger partial charge is 0.167 e. The predicted octanol–water partition coefficient (Wildman–Crippen LogP) is 4.64. The summed E-state index contributed by atoms with van der Waals surface area (Å²) < 4.78 is 17.4. The fourth-order valence-electron chi connectivity index (χ4n) is 3.33. The number of hydrogen-bond acceptors (Lipinski definition) is 3. The van der Waals surface area contributed by atoms with Gasteiger partial charge in [0.2, 0.25) is 0 Å². The van der Waals surface area contributed by atoms with Crippen LogP contribution < -0.4 is 9.47 Å². The van der Waals surface area contributed by atoms with Gasteiger partial charge in [0, 0.05) is 12.7 Å². The summed E-state index contributed by atoms with van der Waals surface area (Å²) in [6.45, 7) is 0. The number of methoxy groups -OCH3 is 3. The van der Waals surface area contributed by atoms with Gasteiger partial charge in [0.15, 0.2) is 11.5 Å². The molecule has 3 aromatic rings. The average molecular weight is 334 g/mol. The zero-order valence-corrected chi connectivity index (χ0v) is 14.7. The van der Waals surface area contributed by atoms with Crippen LogP contribution in [0.3, 0.4) is 0 Å². The van der Waals surface area contributed by atoms with Gasteiger partial charge in [-0.3, -0.25) is 0 Å². The van der Waals surface area contributed by atoms with Crippen LogP contribution in [0.15, 0.2) is 78.9 Å². The van der Waals surface area contributed by atoms with Crippen molar-refractivity contribution >= 4 is 0 Å². The Morgan fingerprint density at radius 1 is 0.600 bits per heavy atom. The van der Waals surface area contributed by atoms with Crippen LogP contribution in [0.5, 0.6) is 11.5 Å². The molecule has 0 aromatic heterocycles. The van der Waals surface area contributed by atoms with Crippen LogP contribution in [-0.2, 0) is 10.3 Å².